The van der Waals surface area contributed by atoms with E-state index in [0.29, 0.717) is 11.1 Å². The van der Waals surface area contributed by atoms with Crippen molar-refractivity contribution >= 4 is 21.9 Å². The first-order chi connectivity index (χ1) is 7.99. The van der Waals surface area contributed by atoms with Crippen molar-refractivity contribution < 1.29 is 23.0 Å². The third-order valence-electron chi connectivity index (χ3n) is 2.11. The fourth-order valence-corrected chi connectivity index (χ4v) is 1.99. The normalized spacial score (nSPS) is 10.5. The van der Waals surface area contributed by atoms with Gasteiger partial charge in [0.2, 0.25) is 0 Å². The summed E-state index contributed by atoms with van der Waals surface area (Å²) < 4.78 is 33.4. The molecule has 0 spiro atoms. The molecule has 0 saturated carbocycles. The zero-order valence-electron chi connectivity index (χ0n) is 9.30. The molecule has 0 bridgehead atoms. The second kappa shape index (κ2) is 5.95. The standard InChI is InChI=1S/C11H11BrF2O3/c1-6-3-7(10(15)16-2)8(5-12)9(4-6)17-11(13)14/h3-4,11H,5H2,1-2H3. The van der Waals surface area contributed by atoms with Crippen molar-refractivity contribution in [1.29, 1.82) is 0 Å². The quantitative estimate of drug-likeness (QED) is 0.632. The predicted octanol–water partition coefficient (Wildman–Crippen LogP) is 3.28. The molecule has 0 N–H and O–H groups in total. The SMILES string of the molecule is COC(=O)c1cc(C)cc(OC(F)F)c1CBr. The number of esters is 1. The topological polar surface area (TPSA) is 35.5 Å². The molecule has 3 nitrogen and oxygen atoms in total. The van der Waals surface area contributed by atoms with E-state index in [1.54, 1.807) is 13.0 Å². The van der Waals surface area contributed by atoms with E-state index in [0.717, 1.165) is 0 Å². The highest BCUT2D eigenvalue weighted by Gasteiger charge is 2.18. The molecule has 1 aromatic carbocycles. The Balaban J connectivity index is 3.29. The van der Waals surface area contributed by atoms with Gasteiger partial charge in [-0.3, -0.25) is 0 Å². The summed E-state index contributed by atoms with van der Waals surface area (Å²) in [4.78, 5) is 11.5. The molecule has 0 atom stereocenters. The maximum absolute atomic E-state index is 12.2. The van der Waals surface area contributed by atoms with Gasteiger partial charge in [0.15, 0.2) is 0 Å². The van der Waals surface area contributed by atoms with Gasteiger partial charge in [-0.05, 0) is 24.6 Å². The number of carbonyl (C=O) groups is 1. The second-order valence-electron chi connectivity index (χ2n) is 3.29. The first-order valence-electron chi connectivity index (χ1n) is 4.72. The van der Waals surface area contributed by atoms with Gasteiger partial charge in [0.05, 0.1) is 12.7 Å². The van der Waals surface area contributed by atoms with Crippen LogP contribution in [-0.4, -0.2) is 19.7 Å². The first-order valence-corrected chi connectivity index (χ1v) is 5.84. The van der Waals surface area contributed by atoms with Gasteiger partial charge in [-0.15, -0.1) is 0 Å². The highest BCUT2D eigenvalue weighted by atomic mass is 79.9. The lowest BCUT2D eigenvalue weighted by Crippen LogP contribution is -2.10. The Hall–Kier alpha value is -1.17. The number of hydrogen-bond donors (Lipinski definition) is 0. The van der Waals surface area contributed by atoms with Crippen molar-refractivity contribution in [2.45, 2.75) is 18.9 Å². The van der Waals surface area contributed by atoms with Crippen LogP contribution in [0.5, 0.6) is 5.75 Å². The van der Waals surface area contributed by atoms with Crippen molar-refractivity contribution in [1.82, 2.24) is 0 Å². The summed E-state index contributed by atoms with van der Waals surface area (Å²) in [6, 6.07) is 3.02. The van der Waals surface area contributed by atoms with Gasteiger partial charge in [0.25, 0.3) is 0 Å². The van der Waals surface area contributed by atoms with Crippen LogP contribution in [-0.2, 0) is 10.1 Å². The molecule has 0 aromatic heterocycles. The highest BCUT2D eigenvalue weighted by molar-refractivity contribution is 9.08. The van der Waals surface area contributed by atoms with Gasteiger partial charge in [-0.25, -0.2) is 4.79 Å². The van der Waals surface area contributed by atoms with Gasteiger partial charge >= 0.3 is 12.6 Å². The van der Waals surface area contributed by atoms with Crippen LogP contribution >= 0.6 is 15.9 Å². The predicted molar refractivity (Wildman–Crippen MR) is 61.8 cm³/mol. The third-order valence-corrected chi connectivity index (χ3v) is 2.67. The summed E-state index contributed by atoms with van der Waals surface area (Å²) in [7, 11) is 1.23. The van der Waals surface area contributed by atoms with E-state index >= 15 is 0 Å². The van der Waals surface area contributed by atoms with Crippen LogP contribution in [0.1, 0.15) is 21.5 Å². The van der Waals surface area contributed by atoms with E-state index in [9.17, 15) is 13.6 Å². The maximum Gasteiger partial charge on any atom is 0.387 e. The van der Waals surface area contributed by atoms with Crippen LogP contribution < -0.4 is 4.74 Å². The van der Waals surface area contributed by atoms with Crippen molar-refractivity contribution in [3.05, 3.63) is 28.8 Å². The zero-order chi connectivity index (χ0) is 13.0. The average Bonchev–Trinajstić information content (AvgIpc) is 2.26. The van der Waals surface area contributed by atoms with Gasteiger partial charge in [-0.1, -0.05) is 15.9 Å². The summed E-state index contributed by atoms with van der Waals surface area (Å²) in [6.45, 7) is -1.25. The zero-order valence-corrected chi connectivity index (χ0v) is 10.9. The van der Waals surface area contributed by atoms with Crippen molar-refractivity contribution in [2.24, 2.45) is 0 Å². The second-order valence-corrected chi connectivity index (χ2v) is 3.85. The third kappa shape index (κ3) is 3.39. The van der Waals surface area contributed by atoms with E-state index in [-0.39, 0.29) is 16.6 Å². The van der Waals surface area contributed by atoms with Crippen LogP contribution in [0, 0.1) is 6.92 Å². The molecule has 0 radical (unpaired) electrons. The van der Waals surface area contributed by atoms with Crippen LogP contribution in [0.3, 0.4) is 0 Å². The van der Waals surface area contributed by atoms with Crippen molar-refractivity contribution in [3.8, 4) is 5.75 Å². The molecule has 6 heteroatoms. The molecule has 0 fully saturated rings. The molecule has 0 aliphatic carbocycles. The lowest BCUT2D eigenvalue weighted by Gasteiger charge is -2.13. The Morgan fingerprint density at radius 2 is 2.12 bits per heavy atom. The lowest BCUT2D eigenvalue weighted by molar-refractivity contribution is -0.0504. The number of alkyl halides is 3. The fraction of sp³-hybridized carbons (Fsp3) is 0.364. The summed E-state index contributed by atoms with van der Waals surface area (Å²) in [5.41, 5.74) is 1.22. The van der Waals surface area contributed by atoms with Gasteiger partial charge in [0.1, 0.15) is 5.75 Å². The average molecular weight is 309 g/mol. The highest BCUT2D eigenvalue weighted by Crippen LogP contribution is 2.28. The van der Waals surface area contributed by atoms with E-state index in [4.69, 9.17) is 0 Å². The first kappa shape index (κ1) is 13.9. The minimum absolute atomic E-state index is 0.0164. The summed E-state index contributed by atoms with van der Waals surface area (Å²) in [5.74, 6) is -0.598. The van der Waals surface area contributed by atoms with Crippen molar-refractivity contribution in [2.75, 3.05) is 7.11 Å². The lowest BCUT2D eigenvalue weighted by atomic mass is 10.0. The maximum atomic E-state index is 12.2. The molecule has 0 heterocycles. The number of methoxy groups -OCH3 is 1. The van der Waals surface area contributed by atoms with E-state index in [1.165, 1.54) is 13.2 Å². The van der Waals surface area contributed by atoms with Crippen LogP contribution in [0.2, 0.25) is 0 Å². The largest absolute Gasteiger partial charge is 0.465 e. The van der Waals surface area contributed by atoms with E-state index in [1.807, 2.05) is 0 Å². The Kier molecular flexibility index (Phi) is 4.86. The number of hydrogen-bond acceptors (Lipinski definition) is 3. The Labute approximate surface area is 106 Å². The minimum atomic E-state index is -2.93. The number of rotatable bonds is 4. The number of halogens is 3. The van der Waals surface area contributed by atoms with Gasteiger partial charge in [-0.2, -0.15) is 8.78 Å². The number of benzene rings is 1. The minimum Gasteiger partial charge on any atom is -0.465 e. The van der Waals surface area contributed by atoms with Gasteiger partial charge < -0.3 is 9.47 Å². The van der Waals surface area contributed by atoms with Crippen molar-refractivity contribution in [3.63, 3.8) is 0 Å². The molecule has 1 rings (SSSR count). The molecule has 94 valence electrons. The molecule has 0 saturated heterocycles. The molecular weight excluding hydrogens is 298 g/mol. The van der Waals surface area contributed by atoms with Crippen LogP contribution in [0.15, 0.2) is 12.1 Å². The van der Waals surface area contributed by atoms with E-state index < -0.39 is 12.6 Å². The number of carbonyl (C=O) groups excluding carboxylic acids is 1. The van der Waals surface area contributed by atoms with E-state index in [2.05, 4.69) is 25.4 Å². The Morgan fingerprint density at radius 1 is 1.47 bits per heavy atom. The molecule has 0 aliphatic rings. The Bertz CT molecular complexity index is 421. The smallest absolute Gasteiger partial charge is 0.387 e. The Morgan fingerprint density at radius 3 is 2.59 bits per heavy atom. The molecule has 0 unspecified atom stereocenters. The molecular formula is C11H11BrF2O3. The molecule has 17 heavy (non-hydrogen) atoms. The van der Waals surface area contributed by atoms with Crippen LogP contribution in [0.25, 0.3) is 0 Å². The molecule has 0 amide bonds. The molecule has 0 aliphatic heterocycles. The number of ether oxygens (including phenoxy) is 2. The summed E-state index contributed by atoms with van der Waals surface area (Å²) >= 11 is 3.14. The molecule has 1 aromatic rings. The summed E-state index contributed by atoms with van der Waals surface area (Å²) in [6.07, 6.45) is 0. The van der Waals surface area contributed by atoms with Crippen LogP contribution in [0.4, 0.5) is 8.78 Å². The fourth-order valence-electron chi connectivity index (χ4n) is 1.41. The monoisotopic (exact) mass is 308 g/mol. The summed E-state index contributed by atoms with van der Waals surface area (Å²) in [5, 5.41) is 0.222. The van der Waals surface area contributed by atoms with Gasteiger partial charge in [0, 0.05) is 10.9 Å². The number of aryl methyl sites for hydroxylation is 1.